The molecule has 0 unspecified atom stereocenters. The molecular formula is C11H12ClN3O. The Morgan fingerprint density at radius 1 is 1.50 bits per heavy atom. The molecule has 1 aromatic heterocycles. The topological polar surface area (TPSA) is 70.9 Å². The average molecular weight is 238 g/mol. The third-order valence-electron chi connectivity index (χ3n) is 2.34. The molecule has 5 heteroatoms. The second-order valence-electron chi connectivity index (χ2n) is 3.57. The summed E-state index contributed by atoms with van der Waals surface area (Å²) in [6.45, 7) is 0.783. The number of fused-ring (bicyclic) bond motifs is 1. The highest BCUT2D eigenvalue weighted by atomic mass is 35.5. The van der Waals surface area contributed by atoms with Crippen molar-refractivity contribution in [3.63, 3.8) is 0 Å². The van der Waals surface area contributed by atoms with Crippen LogP contribution in [0.5, 0.6) is 0 Å². The summed E-state index contributed by atoms with van der Waals surface area (Å²) in [5, 5.41) is 4.76. The van der Waals surface area contributed by atoms with Crippen molar-refractivity contribution in [2.24, 2.45) is 5.73 Å². The van der Waals surface area contributed by atoms with Crippen LogP contribution in [-0.2, 0) is 11.3 Å². The first kappa shape index (κ1) is 11.0. The number of aromatic amines is 1. The van der Waals surface area contributed by atoms with Crippen molar-refractivity contribution in [1.29, 1.82) is 0 Å². The van der Waals surface area contributed by atoms with Gasteiger partial charge in [0.25, 0.3) is 0 Å². The number of nitrogens with two attached hydrogens (primary N) is 1. The molecule has 0 aliphatic carbocycles. The van der Waals surface area contributed by atoms with Gasteiger partial charge in [-0.2, -0.15) is 0 Å². The van der Waals surface area contributed by atoms with Gasteiger partial charge in [0.05, 0.1) is 6.54 Å². The van der Waals surface area contributed by atoms with E-state index in [0.717, 1.165) is 16.5 Å². The third kappa shape index (κ3) is 2.35. The Morgan fingerprint density at radius 2 is 2.31 bits per heavy atom. The van der Waals surface area contributed by atoms with Crippen LogP contribution in [0, 0.1) is 0 Å². The van der Waals surface area contributed by atoms with Crippen LogP contribution < -0.4 is 11.1 Å². The van der Waals surface area contributed by atoms with Crippen molar-refractivity contribution in [3.8, 4) is 0 Å². The van der Waals surface area contributed by atoms with Crippen LogP contribution in [0.2, 0.25) is 5.02 Å². The van der Waals surface area contributed by atoms with Crippen LogP contribution in [0.15, 0.2) is 24.4 Å². The molecule has 0 aliphatic heterocycles. The highest BCUT2D eigenvalue weighted by Crippen LogP contribution is 2.21. The molecule has 0 atom stereocenters. The summed E-state index contributed by atoms with van der Waals surface area (Å²) >= 11 is 5.88. The van der Waals surface area contributed by atoms with Crippen molar-refractivity contribution in [2.45, 2.75) is 6.54 Å². The minimum Gasteiger partial charge on any atom is -0.369 e. The van der Waals surface area contributed by atoms with Crippen LogP contribution in [0.4, 0.5) is 0 Å². The Morgan fingerprint density at radius 3 is 3.06 bits per heavy atom. The number of primary amides is 1. The van der Waals surface area contributed by atoms with Gasteiger partial charge in [-0.15, -0.1) is 0 Å². The number of halogens is 1. The van der Waals surface area contributed by atoms with Crippen LogP contribution in [0.1, 0.15) is 5.56 Å². The lowest BCUT2D eigenvalue weighted by Crippen LogP contribution is -2.27. The lowest BCUT2D eigenvalue weighted by atomic mass is 10.2. The van der Waals surface area contributed by atoms with Crippen molar-refractivity contribution in [1.82, 2.24) is 10.3 Å². The Kier molecular flexibility index (Phi) is 3.12. The normalized spacial score (nSPS) is 10.8. The molecule has 1 amide bonds. The highest BCUT2D eigenvalue weighted by Gasteiger charge is 2.03. The van der Waals surface area contributed by atoms with Crippen LogP contribution >= 0.6 is 11.6 Å². The van der Waals surface area contributed by atoms with Crippen molar-refractivity contribution < 1.29 is 4.79 Å². The van der Waals surface area contributed by atoms with Gasteiger partial charge in [-0.1, -0.05) is 17.7 Å². The van der Waals surface area contributed by atoms with E-state index in [9.17, 15) is 4.79 Å². The van der Waals surface area contributed by atoms with Crippen molar-refractivity contribution in [2.75, 3.05) is 6.54 Å². The predicted octanol–water partition coefficient (Wildman–Crippen LogP) is 1.40. The molecule has 4 nitrogen and oxygen atoms in total. The number of hydrogen-bond acceptors (Lipinski definition) is 2. The van der Waals surface area contributed by atoms with Gasteiger partial charge in [0, 0.05) is 28.7 Å². The highest BCUT2D eigenvalue weighted by molar-refractivity contribution is 6.31. The number of H-pyrrole nitrogens is 1. The van der Waals surface area contributed by atoms with Gasteiger partial charge in [0.1, 0.15) is 0 Å². The number of benzene rings is 1. The lowest BCUT2D eigenvalue weighted by molar-refractivity contribution is -0.117. The molecule has 0 fully saturated rings. The summed E-state index contributed by atoms with van der Waals surface area (Å²) in [4.78, 5) is 13.7. The van der Waals surface area contributed by atoms with Crippen molar-refractivity contribution in [3.05, 3.63) is 35.0 Å². The molecule has 0 spiro atoms. The first-order chi connectivity index (χ1) is 7.66. The van der Waals surface area contributed by atoms with E-state index in [4.69, 9.17) is 17.3 Å². The number of carbonyl (C=O) groups excluding carboxylic acids is 1. The van der Waals surface area contributed by atoms with Gasteiger partial charge >= 0.3 is 0 Å². The first-order valence-corrected chi connectivity index (χ1v) is 5.29. The summed E-state index contributed by atoms with van der Waals surface area (Å²) in [6.07, 6.45) is 1.90. The van der Waals surface area contributed by atoms with Crippen LogP contribution in [-0.4, -0.2) is 17.4 Å². The molecular weight excluding hydrogens is 226 g/mol. The van der Waals surface area contributed by atoms with Gasteiger partial charge in [0.15, 0.2) is 0 Å². The van der Waals surface area contributed by atoms with Crippen LogP contribution in [0.25, 0.3) is 10.9 Å². The zero-order valence-corrected chi connectivity index (χ0v) is 9.34. The fourth-order valence-corrected chi connectivity index (χ4v) is 1.80. The maximum Gasteiger partial charge on any atom is 0.231 e. The van der Waals surface area contributed by atoms with Gasteiger partial charge in [-0.05, 0) is 17.7 Å². The Labute approximate surface area is 97.8 Å². The largest absolute Gasteiger partial charge is 0.369 e. The summed E-state index contributed by atoms with van der Waals surface area (Å²) in [6, 6.07) is 5.67. The molecule has 0 saturated heterocycles. The molecule has 0 radical (unpaired) electrons. The fraction of sp³-hybridized carbons (Fsp3) is 0.182. The molecule has 1 heterocycles. The summed E-state index contributed by atoms with van der Waals surface area (Å²) in [5.41, 5.74) is 7.12. The van der Waals surface area contributed by atoms with E-state index in [1.165, 1.54) is 0 Å². The summed E-state index contributed by atoms with van der Waals surface area (Å²) < 4.78 is 0. The predicted molar refractivity (Wildman–Crippen MR) is 64.2 cm³/mol. The standard InChI is InChI=1S/C11H12ClN3O/c12-8-1-2-9-7(4-14-6-11(13)16)5-15-10(9)3-8/h1-3,5,14-15H,4,6H2,(H2,13,16). The van der Waals surface area contributed by atoms with E-state index >= 15 is 0 Å². The molecule has 1 aromatic carbocycles. The molecule has 2 aromatic rings. The molecule has 84 valence electrons. The Balaban J connectivity index is 2.15. The minimum absolute atomic E-state index is 0.181. The van der Waals surface area contributed by atoms with E-state index in [2.05, 4.69) is 10.3 Å². The SMILES string of the molecule is NC(=O)CNCc1c[nH]c2cc(Cl)ccc12. The zero-order valence-electron chi connectivity index (χ0n) is 8.59. The number of aromatic nitrogens is 1. The monoisotopic (exact) mass is 237 g/mol. The Bertz CT molecular complexity index is 521. The first-order valence-electron chi connectivity index (χ1n) is 4.91. The number of hydrogen-bond donors (Lipinski definition) is 3. The molecule has 0 aliphatic rings. The number of rotatable bonds is 4. The van der Waals surface area contributed by atoms with E-state index in [0.29, 0.717) is 11.6 Å². The molecule has 0 bridgehead atoms. The third-order valence-corrected chi connectivity index (χ3v) is 2.58. The Hall–Kier alpha value is -1.52. The van der Waals surface area contributed by atoms with E-state index in [-0.39, 0.29) is 12.5 Å². The van der Waals surface area contributed by atoms with E-state index in [1.807, 2.05) is 24.4 Å². The van der Waals surface area contributed by atoms with E-state index in [1.54, 1.807) is 0 Å². The zero-order chi connectivity index (χ0) is 11.5. The van der Waals surface area contributed by atoms with Gasteiger partial charge in [-0.25, -0.2) is 0 Å². The second-order valence-corrected chi connectivity index (χ2v) is 4.01. The molecule has 0 saturated carbocycles. The summed E-state index contributed by atoms with van der Waals surface area (Å²) in [5.74, 6) is -0.358. The maximum absolute atomic E-state index is 10.6. The summed E-state index contributed by atoms with van der Waals surface area (Å²) in [7, 11) is 0. The number of carbonyl (C=O) groups is 1. The average Bonchev–Trinajstić information content (AvgIpc) is 2.60. The maximum atomic E-state index is 10.6. The van der Waals surface area contributed by atoms with Gasteiger partial charge in [-0.3, -0.25) is 4.79 Å². The molecule has 4 N–H and O–H groups in total. The number of amides is 1. The van der Waals surface area contributed by atoms with Crippen molar-refractivity contribution >= 4 is 28.4 Å². The smallest absolute Gasteiger partial charge is 0.231 e. The second kappa shape index (κ2) is 4.55. The molecule has 16 heavy (non-hydrogen) atoms. The van der Waals surface area contributed by atoms with Gasteiger partial charge in [0.2, 0.25) is 5.91 Å². The quantitative estimate of drug-likeness (QED) is 0.752. The van der Waals surface area contributed by atoms with E-state index < -0.39 is 0 Å². The minimum atomic E-state index is -0.358. The number of nitrogens with one attached hydrogen (secondary N) is 2. The lowest BCUT2D eigenvalue weighted by Gasteiger charge is -2.00. The molecule has 2 rings (SSSR count). The van der Waals surface area contributed by atoms with Crippen LogP contribution in [0.3, 0.4) is 0 Å². The fourth-order valence-electron chi connectivity index (χ4n) is 1.63. The van der Waals surface area contributed by atoms with Gasteiger partial charge < -0.3 is 16.0 Å².